The Morgan fingerprint density at radius 3 is 2.33 bits per heavy atom. The molecular weight excluding hydrogens is 284 g/mol. The second kappa shape index (κ2) is 6.85. The van der Waals surface area contributed by atoms with Gasteiger partial charge in [-0.1, -0.05) is 36.4 Å². The summed E-state index contributed by atoms with van der Waals surface area (Å²) in [5.74, 6) is 0. The third-order valence-electron chi connectivity index (χ3n) is 3.38. The van der Waals surface area contributed by atoms with Crippen LogP contribution in [-0.4, -0.2) is 15.0 Å². The number of nitrogens with one attached hydrogen (secondary N) is 1. The topological polar surface area (TPSA) is 72.2 Å². The van der Waals surface area contributed by atoms with E-state index in [1.807, 2.05) is 31.2 Å². The molecule has 0 radical (unpaired) electrons. The predicted molar refractivity (Wildman–Crippen MR) is 84.4 cm³/mol. The number of aryl methyl sites for hydroxylation is 1. The highest BCUT2D eigenvalue weighted by molar-refractivity contribution is 7.89. The van der Waals surface area contributed by atoms with Gasteiger partial charge in [0.1, 0.15) is 0 Å². The molecule has 2 rings (SSSR count). The highest BCUT2D eigenvalue weighted by atomic mass is 32.2. The van der Waals surface area contributed by atoms with E-state index >= 15 is 0 Å². The summed E-state index contributed by atoms with van der Waals surface area (Å²) in [6, 6.07) is 14.6. The van der Waals surface area contributed by atoms with Gasteiger partial charge in [-0.25, -0.2) is 13.1 Å². The van der Waals surface area contributed by atoms with Crippen LogP contribution in [0.1, 0.15) is 16.7 Å². The number of nitrogens with two attached hydrogens (primary N) is 1. The quantitative estimate of drug-likeness (QED) is 0.857. The Bertz CT molecular complexity index is 694. The summed E-state index contributed by atoms with van der Waals surface area (Å²) in [7, 11) is -3.49. The molecule has 0 atom stereocenters. The highest BCUT2D eigenvalue weighted by Crippen LogP contribution is 2.13. The normalized spacial score (nSPS) is 11.5. The number of hydrogen-bond donors (Lipinski definition) is 2. The van der Waals surface area contributed by atoms with Gasteiger partial charge in [0, 0.05) is 6.54 Å². The number of rotatable bonds is 6. The monoisotopic (exact) mass is 304 g/mol. The molecule has 0 saturated carbocycles. The minimum atomic E-state index is -3.49. The molecule has 0 aliphatic heterocycles. The van der Waals surface area contributed by atoms with Crippen LogP contribution in [0.15, 0.2) is 53.4 Å². The molecule has 0 aromatic heterocycles. The zero-order valence-electron chi connectivity index (χ0n) is 12.0. The van der Waals surface area contributed by atoms with Gasteiger partial charge < -0.3 is 5.73 Å². The SMILES string of the molecule is Cc1ccccc1CNS(=O)(=O)c1ccc(CCN)cc1. The highest BCUT2D eigenvalue weighted by Gasteiger charge is 2.13. The molecular formula is C16H20N2O2S. The van der Waals surface area contributed by atoms with E-state index in [9.17, 15) is 8.42 Å². The Hall–Kier alpha value is -1.69. The second-order valence-electron chi connectivity index (χ2n) is 4.93. The maximum Gasteiger partial charge on any atom is 0.240 e. The van der Waals surface area contributed by atoms with Gasteiger partial charge in [-0.15, -0.1) is 0 Å². The van der Waals surface area contributed by atoms with Crippen LogP contribution in [0.3, 0.4) is 0 Å². The van der Waals surface area contributed by atoms with Gasteiger partial charge in [0.25, 0.3) is 0 Å². The van der Waals surface area contributed by atoms with E-state index in [1.54, 1.807) is 24.3 Å². The molecule has 0 amide bonds. The molecule has 0 heterocycles. The van der Waals surface area contributed by atoms with E-state index in [-0.39, 0.29) is 4.90 Å². The molecule has 0 bridgehead atoms. The first-order chi connectivity index (χ1) is 10.0. The first-order valence-electron chi connectivity index (χ1n) is 6.86. The van der Waals surface area contributed by atoms with Crippen LogP contribution in [-0.2, 0) is 23.0 Å². The first-order valence-corrected chi connectivity index (χ1v) is 8.34. The Balaban J connectivity index is 2.09. The second-order valence-corrected chi connectivity index (χ2v) is 6.70. The summed E-state index contributed by atoms with van der Waals surface area (Å²) >= 11 is 0. The third-order valence-corrected chi connectivity index (χ3v) is 4.80. The molecule has 0 unspecified atom stereocenters. The van der Waals surface area contributed by atoms with E-state index < -0.39 is 10.0 Å². The lowest BCUT2D eigenvalue weighted by Gasteiger charge is -2.09. The van der Waals surface area contributed by atoms with Crippen LogP contribution in [0, 0.1) is 6.92 Å². The summed E-state index contributed by atoms with van der Waals surface area (Å²) < 4.78 is 27.1. The van der Waals surface area contributed by atoms with Gasteiger partial charge in [0.05, 0.1) is 4.90 Å². The number of sulfonamides is 1. The van der Waals surface area contributed by atoms with Crippen LogP contribution in [0.25, 0.3) is 0 Å². The first kappa shape index (κ1) is 15.7. The molecule has 112 valence electrons. The Kier molecular flexibility index (Phi) is 5.12. The Morgan fingerprint density at radius 1 is 1.05 bits per heavy atom. The molecule has 0 aliphatic carbocycles. The molecule has 3 N–H and O–H groups in total. The van der Waals surface area contributed by atoms with Crippen LogP contribution in [0.2, 0.25) is 0 Å². The summed E-state index contributed by atoms with van der Waals surface area (Å²) in [5, 5.41) is 0. The number of hydrogen-bond acceptors (Lipinski definition) is 3. The molecule has 21 heavy (non-hydrogen) atoms. The maximum atomic E-state index is 12.3. The van der Waals surface area contributed by atoms with Gasteiger partial charge in [-0.3, -0.25) is 0 Å². The average molecular weight is 304 g/mol. The van der Waals surface area contributed by atoms with Crippen molar-refractivity contribution in [2.45, 2.75) is 24.8 Å². The van der Waals surface area contributed by atoms with Crippen molar-refractivity contribution in [3.05, 3.63) is 65.2 Å². The smallest absolute Gasteiger partial charge is 0.240 e. The molecule has 0 saturated heterocycles. The van der Waals surface area contributed by atoms with E-state index in [0.29, 0.717) is 13.1 Å². The van der Waals surface area contributed by atoms with E-state index in [2.05, 4.69) is 4.72 Å². The lowest BCUT2D eigenvalue weighted by Crippen LogP contribution is -2.23. The molecule has 2 aromatic rings. The lowest BCUT2D eigenvalue weighted by molar-refractivity contribution is 0.581. The van der Waals surface area contributed by atoms with Gasteiger partial charge in [-0.05, 0) is 48.7 Å². The van der Waals surface area contributed by atoms with Crippen molar-refractivity contribution in [3.8, 4) is 0 Å². The molecule has 0 aliphatic rings. The van der Waals surface area contributed by atoms with Crippen molar-refractivity contribution >= 4 is 10.0 Å². The van der Waals surface area contributed by atoms with Crippen molar-refractivity contribution in [2.24, 2.45) is 5.73 Å². The van der Waals surface area contributed by atoms with Gasteiger partial charge in [-0.2, -0.15) is 0 Å². The van der Waals surface area contributed by atoms with Gasteiger partial charge in [0.15, 0.2) is 0 Å². The third kappa shape index (κ3) is 4.14. The van der Waals surface area contributed by atoms with Crippen LogP contribution in [0.4, 0.5) is 0 Å². The Labute approximate surface area is 126 Å². The molecule has 5 heteroatoms. The zero-order chi connectivity index (χ0) is 15.3. The fourth-order valence-corrected chi connectivity index (χ4v) is 3.07. The van der Waals surface area contributed by atoms with Crippen molar-refractivity contribution in [2.75, 3.05) is 6.54 Å². The minimum Gasteiger partial charge on any atom is -0.330 e. The number of benzene rings is 2. The molecule has 4 nitrogen and oxygen atoms in total. The molecule has 0 spiro atoms. The fourth-order valence-electron chi connectivity index (χ4n) is 2.07. The zero-order valence-corrected chi connectivity index (χ0v) is 12.9. The van der Waals surface area contributed by atoms with Crippen molar-refractivity contribution in [1.82, 2.24) is 4.72 Å². The van der Waals surface area contributed by atoms with Crippen LogP contribution in [0.5, 0.6) is 0 Å². The van der Waals surface area contributed by atoms with E-state index in [0.717, 1.165) is 23.1 Å². The van der Waals surface area contributed by atoms with Crippen LogP contribution < -0.4 is 10.5 Å². The average Bonchev–Trinajstić information content (AvgIpc) is 2.47. The summed E-state index contributed by atoms with van der Waals surface area (Å²) in [6.45, 7) is 2.81. The van der Waals surface area contributed by atoms with E-state index in [4.69, 9.17) is 5.73 Å². The minimum absolute atomic E-state index is 0.275. The Morgan fingerprint density at radius 2 is 1.71 bits per heavy atom. The fraction of sp³-hybridized carbons (Fsp3) is 0.250. The van der Waals surface area contributed by atoms with Gasteiger partial charge in [0.2, 0.25) is 10.0 Å². The standard InChI is InChI=1S/C16H20N2O2S/c1-13-4-2-3-5-15(13)12-18-21(19,20)16-8-6-14(7-9-16)10-11-17/h2-9,18H,10-12,17H2,1H3. The summed E-state index contributed by atoms with van der Waals surface area (Å²) in [6.07, 6.45) is 0.747. The molecule has 0 fully saturated rings. The summed E-state index contributed by atoms with van der Waals surface area (Å²) in [5.41, 5.74) is 8.56. The van der Waals surface area contributed by atoms with Crippen molar-refractivity contribution in [1.29, 1.82) is 0 Å². The van der Waals surface area contributed by atoms with Crippen molar-refractivity contribution < 1.29 is 8.42 Å². The molecule has 2 aromatic carbocycles. The maximum absolute atomic E-state index is 12.3. The van der Waals surface area contributed by atoms with E-state index in [1.165, 1.54) is 0 Å². The van der Waals surface area contributed by atoms with Crippen LogP contribution >= 0.6 is 0 Å². The van der Waals surface area contributed by atoms with Gasteiger partial charge >= 0.3 is 0 Å². The lowest BCUT2D eigenvalue weighted by atomic mass is 10.1. The summed E-state index contributed by atoms with van der Waals surface area (Å²) in [4.78, 5) is 0.275. The van der Waals surface area contributed by atoms with Crippen molar-refractivity contribution in [3.63, 3.8) is 0 Å². The predicted octanol–water partition coefficient (Wildman–Crippen LogP) is 1.97. The largest absolute Gasteiger partial charge is 0.330 e.